The average Bonchev–Trinajstić information content (AvgIpc) is 3.18. The van der Waals surface area contributed by atoms with Gasteiger partial charge in [-0.1, -0.05) is 54.6 Å². The van der Waals surface area contributed by atoms with Crippen LogP contribution in [0.5, 0.6) is 0 Å². The number of para-hydroxylation sites is 1. The van der Waals surface area contributed by atoms with Crippen LogP contribution in [-0.4, -0.2) is 45.5 Å². The maximum atomic E-state index is 13.6. The van der Waals surface area contributed by atoms with Gasteiger partial charge in [0.25, 0.3) is 15.9 Å². The third-order valence-electron chi connectivity index (χ3n) is 5.85. The molecule has 172 valence electrons. The molecule has 33 heavy (non-hydrogen) atoms. The summed E-state index contributed by atoms with van der Waals surface area (Å²) < 4.78 is 33.9. The number of rotatable bonds is 8. The zero-order valence-corrected chi connectivity index (χ0v) is 19.7. The van der Waals surface area contributed by atoms with Gasteiger partial charge in [0.2, 0.25) is 0 Å². The highest BCUT2D eigenvalue weighted by Gasteiger charge is 2.36. The standard InChI is InChI=1S/C26H28N2O4S/c1-20-17-22-11-6-7-14-25(22)28(20)33(30,31)24-13-8-12-23(18-24)26(29)27(15-16-32-2)19-21-9-4-3-5-10-21/h3-14,18,20H,15-17,19H2,1-2H3. The molecule has 3 aromatic carbocycles. The number of methoxy groups -OCH3 is 1. The SMILES string of the molecule is COCCN(Cc1ccccc1)C(=O)c1cccc(S(=O)(=O)N2c3ccccc3CC2C)c1. The van der Waals surface area contributed by atoms with Crippen LogP contribution in [0.15, 0.2) is 83.8 Å². The molecule has 0 N–H and O–H groups in total. The summed E-state index contributed by atoms with van der Waals surface area (Å²) in [5.74, 6) is -0.233. The fraction of sp³-hybridized carbons (Fsp3) is 0.269. The van der Waals surface area contributed by atoms with Gasteiger partial charge in [-0.05, 0) is 48.7 Å². The zero-order valence-electron chi connectivity index (χ0n) is 18.8. The normalized spacial score (nSPS) is 15.3. The zero-order chi connectivity index (χ0) is 23.4. The minimum absolute atomic E-state index is 0.114. The summed E-state index contributed by atoms with van der Waals surface area (Å²) in [5.41, 5.74) is 3.04. The molecule has 1 aliphatic heterocycles. The summed E-state index contributed by atoms with van der Waals surface area (Å²) in [6.45, 7) is 3.10. The number of fused-ring (bicyclic) bond motifs is 1. The monoisotopic (exact) mass is 464 g/mol. The summed E-state index contributed by atoms with van der Waals surface area (Å²) in [6, 6.07) is 23.4. The summed E-state index contributed by atoms with van der Waals surface area (Å²) in [6.07, 6.45) is 0.663. The number of carbonyl (C=O) groups excluding carboxylic acids is 1. The number of anilines is 1. The second kappa shape index (κ2) is 9.77. The van der Waals surface area contributed by atoms with Crippen molar-refractivity contribution in [2.45, 2.75) is 30.8 Å². The van der Waals surface area contributed by atoms with Gasteiger partial charge in [-0.25, -0.2) is 8.42 Å². The molecule has 0 bridgehead atoms. The maximum Gasteiger partial charge on any atom is 0.264 e. The number of nitrogens with zero attached hydrogens (tertiary/aromatic N) is 2. The van der Waals surface area contributed by atoms with E-state index in [1.165, 1.54) is 10.4 Å². The van der Waals surface area contributed by atoms with Crippen molar-refractivity contribution in [3.05, 3.63) is 95.6 Å². The van der Waals surface area contributed by atoms with Crippen molar-refractivity contribution in [2.75, 3.05) is 24.6 Å². The Balaban J connectivity index is 1.64. The topological polar surface area (TPSA) is 66.9 Å². The van der Waals surface area contributed by atoms with Crippen molar-refractivity contribution in [3.63, 3.8) is 0 Å². The number of ether oxygens (including phenoxy) is 1. The summed E-state index contributed by atoms with van der Waals surface area (Å²) >= 11 is 0. The molecule has 0 aromatic heterocycles. The van der Waals surface area contributed by atoms with Gasteiger partial charge in [-0.2, -0.15) is 0 Å². The van der Waals surface area contributed by atoms with Crippen LogP contribution in [0.1, 0.15) is 28.4 Å². The van der Waals surface area contributed by atoms with E-state index in [-0.39, 0.29) is 16.8 Å². The van der Waals surface area contributed by atoms with Crippen LogP contribution in [0.3, 0.4) is 0 Å². The van der Waals surface area contributed by atoms with Crippen LogP contribution in [0.4, 0.5) is 5.69 Å². The van der Waals surface area contributed by atoms with Gasteiger partial charge in [-0.3, -0.25) is 9.10 Å². The quantitative estimate of drug-likeness (QED) is 0.503. The molecule has 1 atom stereocenters. The Morgan fingerprint density at radius 3 is 2.52 bits per heavy atom. The molecule has 1 unspecified atom stereocenters. The van der Waals surface area contributed by atoms with Crippen LogP contribution in [0.2, 0.25) is 0 Å². The molecule has 0 saturated heterocycles. The van der Waals surface area contributed by atoms with Gasteiger partial charge >= 0.3 is 0 Å². The van der Waals surface area contributed by atoms with E-state index in [0.29, 0.717) is 37.4 Å². The smallest absolute Gasteiger partial charge is 0.264 e. The molecule has 4 rings (SSSR count). The van der Waals surface area contributed by atoms with E-state index < -0.39 is 10.0 Å². The Kier molecular flexibility index (Phi) is 6.81. The van der Waals surface area contributed by atoms with Gasteiger partial charge in [-0.15, -0.1) is 0 Å². The third kappa shape index (κ3) is 4.79. The maximum absolute atomic E-state index is 13.6. The highest BCUT2D eigenvalue weighted by Crippen LogP contribution is 2.36. The first kappa shape index (κ1) is 23.0. The molecule has 0 radical (unpaired) electrons. The molecule has 0 saturated carbocycles. The number of hydrogen-bond acceptors (Lipinski definition) is 4. The molecule has 0 aliphatic carbocycles. The van der Waals surface area contributed by atoms with E-state index in [4.69, 9.17) is 4.74 Å². The first-order valence-electron chi connectivity index (χ1n) is 11.0. The molecule has 0 spiro atoms. The van der Waals surface area contributed by atoms with Crippen molar-refractivity contribution >= 4 is 21.6 Å². The molecule has 7 heteroatoms. The van der Waals surface area contributed by atoms with E-state index in [1.54, 1.807) is 30.2 Å². The van der Waals surface area contributed by atoms with E-state index in [2.05, 4.69) is 0 Å². The Hall–Kier alpha value is -3.16. The predicted molar refractivity (Wildman–Crippen MR) is 129 cm³/mol. The van der Waals surface area contributed by atoms with Gasteiger partial charge in [0, 0.05) is 31.8 Å². The molecular weight excluding hydrogens is 436 g/mol. The Morgan fingerprint density at radius 1 is 1.03 bits per heavy atom. The summed E-state index contributed by atoms with van der Waals surface area (Å²) in [5, 5.41) is 0. The molecule has 1 amide bonds. The fourth-order valence-corrected chi connectivity index (χ4v) is 5.99. The lowest BCUT2D eigenvalue weighted by atomic mass is 10.1. The second-order valence-corrected chi connectivity index (χ2v) is 10.0. The van der Waals surface area contributed by atoms with Gasteiger partial charge in [0.15, 0.2) is 0 Å². The van der Waals surface area contributed by atoms with Gasteiger partial charge in [0.05, 0.1) is 17.2 Å². The van der Waals surface area contributed by atoms with Crippen LogP contribution in [0, 0.1) is 0 Å². The molecular formula is C26H28N2O4S. The van der Waals surface area contributed by atoms with Gasteiger partial charge in [0.1, 0.15) is 0 Å². The summed E-state index contributed by atoms with van der Waals surface area (Å²) in [4.78, 5) is 15.2. The molecule has 1 heterocycles. The largest absolute Gasteiger partial charge is 0.383 e. The first-order chi connectivity index (χ1) is 15.9. The number of amides is 1. The predicted octanol–water partition coefficient (Wildman–Crippen LogP) is 4.12. The molecule has 3 aromatic rings. The molecule has 0 fully saturated rings. The van der Waals surface area contributed by atoms with E-state index in [0.717, 1.165) is 11.1 Å². The van der Waals surface area contributed by atoms with Crippen LogP contribution in [0.25, 0.3) is 0 Å². The highest BCUT2D eigenvalue weighted by molar-refractivity contribution is 7.92. The van der Waals surface area contributed by atoms with Crippen molar-refractivity contribution in [3.8, 4) is 0 Å². The van der Waals surface area contributed by atoms with Crippen molar-refractivity contribution in [2.24, 2.45) is 0 Å². The Morgan fingerprint density at radius 2 is 1.76 bits per heavy atom. The van der Waals surface area contributed by atoms with Crippen molar-refractivity contribution in [1.29, 1.82) is 0 Å². The Labute approximate surface area is 195 Å². The lowest BCUT2D eigenvalue weighted by Crippen LogP contribution is -2.36. The lowest BCUT2D eigenvalue weighted by Gasteiger charge is -2.25. The number of sulfonamides is 1. The number of carbonyl (C=O) groups is 1. The lowest BCUT2D eigenvalue weighted by molar-refractivity contribution is 0.0680. The minimum atomic E-state index is -3.82. The van der Waals surface area contributed by atoms with E-state index >= 15 is 0 Å². The number of hydrogen-bond donors (Lipinski definition) is 0. The van der Waals surface area contributed by atoms with Crippen molar-refractivity contribution < 1.29 is 17.9 Å². The minimum Gasteiger partial charge on any atom is -0.383 e. The van der Waals surface area contributed by atoms with E-state index in [9.17, 15) is 13.2 Å². The third-order valence-corrected chi connectivity index (χ3v) is 7.78. The average molecular weight is 465 g/mol. The van der Waals surface area contributed by atoms with Crippen molar-refractivity contribution in [1.82, 2.24) is 4.90 Å². The number of benzene rings is 3. The first-order valence-corrected chi connectivity index (χ1v) is 12.4. The van der Waals surface area contributed by atoms with Crippen LogP contribution >= 0.6 is 0 Å². The van der Waals surface area contributed by atoms with Crippen LogP contribution in [-0.2, 0) is 27.7 Å². The Bertz CT molecular complexity index is 1230. The highest BCUT2D eigenvalue weighted by atomic mass is 32.2. The summed E-state index contributed by atoms with van der Waals surface area (Å²) in [7, 11) is -2.23. The second-order valence-electron chi connectivity index (χ2n) is 8.22. The van der Waals surface area contributed by atoms with Crippen LogP contribution < -0.4 is 4.31 Å². The fourth-order valence-electron chi connectivity index (χ4n) is 4.25. The molecule has 6 nitrogen and oxygen atoms in total. The van der Waals surface area contributed by atoms with Gasteiger partial charge < -0.3 is 9.64 Å². The van der Waals surface area contributed by atoms with E-state index in [1.807, 2.05) is 61.5 Å². The molecule has 1 aliphatic rings.